The predicted molar refractivity (Wildman–Crippen MR) is 90.6 cm³/mol. The number of aryl methyl sites for hydroxylation is 2. The second kappa shape index (κ2) is 6.76. The van der Waals surface area contributed by atoms with Gasteiger partial charge in [0, 0.05) is 29.4 Å². The lowest BCUT2D eigenvalue weighted by Gasteiger charge is -2.25. The number of benzene rings is 1. The van der Waals surface area contributed by atoms with Crippen LogP contribution in [0, 0.1) is 13.8 Å². The molecule has 0 saturated carbocycles. The van der Waals surface area contributed by atoms with Crippen molar-refractivity contribution in [2.75, 3.05) is 13.1 Å². The van der Waals surface area contributed by atoms with E-state index in [0.717, 1.165) is 47.3 Å². The molecular weight excluding hydrogens is 294 g/mol. The molecule has 116 valence electrons. The third-order valence-electron chi connectivity index (χ3n) is 4.33. The summed E-state index contributed by atoms with van der Waals surface area (Å²) >= 11 is 6.05. The van der Waals surface area contributed by atoms with Crippen molar-refractivity contribution in [3.05, 3.63) is 57.6 Å². The minimum atomic E-state index is 0.550. The Kier molecular flexibility index (Phi) is 4.74. The van der Waals surface area contributed by atoms with Gasteiger partial charge in [0.2, 0.25) is 0 Å². The average Bonchev–Trinajstić information content (AvgIpc) is 2.47. The van der Waals surface area contributed by atoms with Crippen molar-refractivity contribution in [3.63, 3.8) is 0 Å². The Balaban J connectivity index is 1.85. The van der Waals surface area contributed by atoms with Crippen LogP contribution in [0.3, 0.4) is 0 Å². The number of piperidine rings is 1. The predicted octanol–water partition coefficient (Wildman–Crippen LogP) is 3.80. The smallest absolute Gasteiger partial charge is 0.133 e. The van der Waals surface area contributed by atoms with Gasteiger partial charge in [0.05, 0.1) is 0 Å². The second-order valence-electron chi connectivity index (χ2n) is 6.07. The lowest BCUT2D eigenvalue weighted by molar-refractivity contribution is 0.456. The molecule has 1 aromatic heterocycles. The highest BCUT2D eigenvalue weighted by atomic mass is 35.5. The number of hydrogen-bond acceptors (Lipinski definition) is 3. The van der Waals surface area contributed by atoms with E-state index in [1.165, 1.54) is 18.4 Å². The van der Waals surface area contributed by atoms with Gasteiger partial charge in [-0.05, 0) is 62.4 Å². The molecule has 1 fully saturated rings. The van der Waals surface area contributed by atoms with Crippen molar-refractivity contribution in [1.82, 2.24) is 15.3 Å². The zero-order valence-electron chi connectivity index (χ0n) is 13.2. The zero-order valence-corrected chi connectivity index (χ0v) is 14.0. The third-order valence-corrected chi connectivity index (χ3v) is 4.56. The molecule has 0 spiro atoms. The third kappa shape index (κ3) is 3.47. The molecule has 22 heavy (non-hydrogen) atoms. The van der Waals surface area contributed by atoms with Crippen LogP contribution in [0.15, 0.2) is 24.3 Å². The van der Waals surface area contributed by atoms with Crippen LogP contribution in [-0.4, -0.2) is 23.1 Å². The number of aromatic nitrogens is 2. The first-order valence-corrected chi connectivity index (χ1v) is 8.30. The van der Waals surface area contributed by atoms with Crippen LogP contribution in [0.5, 0.6) is 0 Å². The zero-order chi connectivity index (χ0) is 15.5. The maximum absolute atomic E-state index is 6.05. The summed E-state index contributed by atoms with van der Waals surface area (Å²) in [4.78, 5) is 9.50. The SMILES string of the molecule is Cc1nc(Cc2cccc(Cl)c2)nc(C)c1C1CCCNC1. The molecule has 1 saturated heterocycles. The highest BCUT2D eigenvalue weighted by Crippen LogP contribution is 2.27. The van der Waals surface area contributed by atoms with Gasteiger partial charge >= 0.3 is 0 Å². The van der Waals surface area contributed by atoms with E-state index >= 15 is 0 Å². The summed E-state index contributed by atoms with van der Waals surface area (Å²) in [6.07, 6.45) is 3.19. The number of nitrogens with zero attached hydrogens (tertiary/aromatic N) is 2. The summed E-state index contributed by atoms with van der Waals surface area (Å²) < 4.78 is 0. The van der Waals surface area contributed by atoms with E-state index < -0.39 is 0 Å². The lowest BCUT2D eigenvalue weighted by Crippen LogP contribution is -2.29. The van der Waals surface area contributed by atoms with Gasteiger partial charge in [-0.2, -0.15) is 0 Å². The molecule has 1 unspecified atom stereocenters. The maximum atomic E-state index is 6.05. The molecule has 0 bridgehead atoms. The molecule has 1 aliphatic rings. The molecular formula is C18H22ClN3. The molecule has 1 atom stereocenters. The van der Waals surface area contributed by atoms with Crippen molar-refractivity contribution in [3.8, 4) is 0 Å². The largest absolute Gasteiger partial charge is 0.316 e. The van der Waals surface area contributed by atoms with Gasteiger partial charge < -0.3 is 5.32 Å². The summed E-state index contributed by atoms with van der Waals surface area (Å²) in [5.41, 5.74) is 4.73. The van der Waals surface area contributed by atoms with Gasteiger partial charge in [-0.1, -0.05) is 23.7 Å². The lowest BCUT2D eigenvalue weighted by atomic mass is 9.89. The minimum Gasteiger partial charge on any atom is -0.316 e. The molecule has 1 N–H and O–H groups in total. The Hall–Kier alpha value is -1.45. The van der Waals surface area contributed by atoms with E-state index in [0.29, 0.717) is 5.92 Å². The molecule has 0 aliphatic carbocycles. The van der Waals surface area contributed by atoms with E-state index in [9.17, 15) is 0 Å². The van der Waals surface area contributed by atoms with Crippen molar-refractivity contribution in [2.24, 2.45) is 0 Å². The Bertz CT molecular complexity index is 640. The summed E-state index contributed by atoms with van der Waals surface area (Å²) in [6, 6.07) is 7.91. The molecule has 2 heterocycles. The van der Waals surface area contributed by atoms with Gasteiger partial charge in [0.25, 0.3) is 0 Å². The molecule has 4 heteroatoms. The maximum Gasteiger partial charge on any atom is 0.133 e. The fourth-order valence-corrected chi connectivity index (χ4v) is 3.60. The summed E-state index contributed by atoms with van der Waals surface area (Å²) in [6.45, 7) is 6.39. The topological polar surface area (TPSA) is 37.8 Å². The molecule has 3 nitrogen and oxygen atoms in total. The van der Waals surface area contributed by atoms with Gasteiger partial charge in [-0.15, -0.1) is 0 Å². The first kappa shape index (κ1) is 15.4. The van der Waals surface area contributed by atoms with Crippen molar-refractivity contribution >= 4 is 11.6 Å². The number of halogens is 1. The normalized spacial score (nSPS) is 18.4. The Morgan fingerprint density at radius 3 is 2.64 bits per heavy atom. The van der Waals surface area contributed by atoms with Crippen LogP contribution < -0.4 is 5.32 Å². The number of nitrogens with one attached hydrogen (secondary N) is 1. The molecule has 1 aromatic carbocycles. The summed E-state index contributed by atoms with van der Waals surface area (Å²) in [5.74, 6) is 1.43. The van der Waals surface area contributed by atoms with E-state index in [1.807, 2.05) is 18.2 Å². The van der Waals surface area contributed by atoms with Crippen LogP contribution >= 0.6 is 11.6 Å². The molecule has 3 rings (SSSR count). The minimum absolute atomic E-state index is 0.550. The summed E-state index contributed by atoms with van der Waals surface area (Å²) in [5, 5.41) is 4.24. The molecule has 2 aromatic rings. The average molecular weight is 316 g/mol. The molecule has 0 radical (unpaired) electrons. The van der Waals surface area contributed by atoms with Crippen LogP contribution in [-0.2, 0) is 6.42 Å². The number of hydrogen-bond donors (Lipinski definition) is 1. The fraction of sp³-hybridized carbons (Fsp3) is 0.444. The van der Waals surface area contributed by atoms with Crippen molar-refractivity contribution < 1.29 is 0 Å². The van der Waals surface area contributed by atoms with E-state index in [2.05, 4.69) is 25.2 Å². The van der Waals surface area contributed by atoms with E-state index in [1.54, 1.807) is 0 Å². The van der Waals surface area contributed by atoms with Gasteiger partial charge in [0.15, 0.2) is 0 Å². The van der Waals surface area contributed by atoms with Crippen LogP contribution in [0.2, 0.25) is 5.02 Å². The highest BCUT2D eigenvalue weighted by molar-refractivity contribution is 6.30. The van der Waals surface area contributed by atoms with Crippen molar-refractivity contribution in [1.29, 1.82) is 0 Å². The van der Waals surface area contributed by atoms with E-state index in [-0.39, 0.29) is 0 Å². The van der Waals surface area contributed by atoms with Crippen molar-refractivity contribution in [2.45, 2.75) is 39.0 Å². The van der Waals surface area contributed by atoms with Gasteiger partial charge in [-0.25, -0.2) is 9.97 Å². The van der Waals surface area contributed by atoms with E-state index in [4.69, 9.17) is 21.6 Å². The first-order valence-electron chi connectivity index (χ1n) is 7.92. The molecule has 1 aliphatic heterocycles. The Morgan fingerprint density at radius 1 is 1.23 bits per heavy atom. The first-order chi connectivity index (χ1) is 10.6. The monoisotopic (exact) mass is 315 g/mol. The quantitative estimate of drug-likeness (QED) is 0.936. The standard InChI is InChI=1S/C18H22ClN3/c1-12-18(15-6-4-8-20-11-15)13(2)22-17(21-12)10-14-5-3-7-16(19)9-14/h3,5,7,9,15,20H,4,6,8,10-11H2,1-2H3. The van der Waals surface area contributed by atoms with Gasteiger partial charge in [0.1, 0.15) is 5.82 Å². The van der Waals surface area contributed by atoms with Crippen LogP contribution in [0.1, 0.15) is 47.1 Å². The van der Waals surface area contributed by atoms with Crippen LogP contribution in [0.25, 0.3) is 0 Å². The number of rotatable bonds is 3. The fourth-order valence-electron chi connectivity index (χ4n) is 3.39. The van der Waals surface area contributed by atoms with Crippen LogP contribution in [0.4, 0.5) is 0 Å². The van der Waals surface area contributed by atoms with Gasteiger partial charge in [-0.3, -0.25) is 0 Å². The second-order valence-corrected chi connectivity index (χ2v) is 6.51. The molecule has 0 amide bonds. The Morgan fingerprint density at radius 2 is 2.00 bits per heavy atom. The highest BCUT2D eigenvalue weighted by Gasteiger charge is 2.21. The Labute approximate surface area is 137 Å². The summed E-state index contributed by atoms with van der Waals surface area (Å²) in [7, 11) is 0.